The number of aromatic nitrogens is 2. The minimum Gasteiger partial charge on any atom is -0.507 e. The third-order valence-corrected chi connectivity index (χ3v) is 5.96. The summed E-state index contributed by atoms with van der Waals surface area (Å²) in [4.78, 5) is 30.1. The van der Waals surface area contributed by atoms with Crippen molar-refractivity contribution >= 4 is 50.7 Å². The molecule has 0 aliphatic rings. The SMILES string of the molecule is O=C(CSc1nc2ccccc2c(=O)n1-c1ccc(Br)cc1)N/N=C/c1ccccc1O. The van der Waals surface area contributed by atoms with Crippen molar-refractivity contribution < 1.29 is 9.90 Å². The molecule has 4 rings (SSSR count). The Morgan fingerprint density at radius 3 is 2.59 bits per heavy atom. The third-order valence-electron chi connectivity index (χ3n) is 4.49. The third kappa shape index (κ3) is 4.90. The molecule has 3 aromatic carbocycles. The smallest absolute Gasteiger partial charge is 0.266 e. The summed E-state index contributed by atoms with van der Waals surface area (Å²) >= 11 is 4.54. The van der Waals surface area contributed by atoms with Gasteiger partial charge in [-0.1, -0.05) is 52.0 Å². The Labute approximate surface area is 195 Å². The number of phenols is 1. The number of carbonyl (C=O) groups is 1. The Balaban J connectivity index is 1.57. The number of aromatic hydroxyl groups is 1. The van der Waals surface area contributed by atoms with Crippen molar-refractivity contribution in [2.45, 2.75) is 5.16 Å². The summed E-state index contributed by atoms with van der Waals surface area (Å²) < 4.78 is 2.39. The summed E-state index contributed by atoms with van der Waals surface area (Å²) in [7, 11) is 0. The minimum absolute atomic E-state index is 0.000575. The van der Waals surface area contributed by atoms with Crippen molar-refractivity contribution in [3.63, 3.8) is 0 Å². The molecule has 0 radical (unpaired) electrons. The first-order valence-electron chi connectivity index (χ1n) is 9.53. The zero-order valence-electron chi connectivity index (χ0n) is 16.6. The van der Waals surface area contributed by atoms with Crippen molar-refractivity contribution in [2.24, 2.45) is 5.10 Å². The molecule has 1 amide bonds. The average Bonchev–Trinajstić information content (AvgIpc) is 2.80. The first kappa shape index (κ1) is 21.8. The van der Waals surface area contributed by atoms with Gasteiger partial charge >= 0.3 is 0 Å². The topological polar surface area (TPSA) is 96.6 Å². The van der Waals surface area contributed by atoms with E-state index in [-0.39, 0.29) is 23.0 Å². The fourth-order valence-corrected chi connectivity index (χ4v) is 4.03. The second-order valence-electron chi connectivity index (χ2n) is 6.67. The molecule has 0 spiro atoms. The lowest BCUT2D eigenvalue weighted by Crippen LogP contribution is -2.24. The molecule has 0 bridgehead atoms. The molecule has 0 aliphatic heterocycles. The van der Waals surface area contributed by atoms with Crippen molar-refractivity contribution in [1.29, 1.82) is 0 Å². The van der Waals surface area contributed by atoms with Crippen molar-refractivity contribution in [3.05, 3.63) is 93.2 Å². The number of nitrogens with zero attached hydrogens (tertiary/aromatic N) is 3. The van der Waals surface area contributed by atoms with Gasteiger partial charge in [0.1, 0.15) is 5.75 Å². The number of benzene rings is 3. The van der Waals surface area contributed by atoms with Crippen LogP contribution >= 0.6 is 27.7 Å². The van der Waals surface area contributed by atoms with Gasteiger partial charge in [-0.25, -0.2) is 10.4 Å². The highest BCUT2D eigenvalue weighted by Gasteiger charge is 2.14. The molecule has 0 atom stereocenters. The second kappa shape index (κ2) is 9.80. The van der Waals surface area contributed by atoms with Crippen LogP contribution in [0, 0.1) is 0 Å². The largest absolute Gasteiger partial charge is 0.507 e. The maximum atomic E-state index is 13.2. The van der Waals surface area contributed by atoms with Gasteiger partial charge in [-0.3, -0.25) is 14.2 Å². The van der Waals surface area contributed by atoms with Crippen molar-refractivity contribution in [1.82, 2.24) is 15.0 Å². The predicted octanol–water partition coefficient (Wildman–Crippen LogP) is 4.10. The zero-order chi connectivity index (χ0) is 22.5. The predicted molar refractivity (Wildman–Crippen MR) is 130 cm³/mol. The van der Waals surface area contributed by atoms with Gasteiger partial charge in [-0.05, 0) is 48.5 Å². The normalized spacial score (nSPS) is 11.2. The minimum atomic E-state index is -0.369. The highest BCUT2D eigenvalue weighted by molar-refractivity contribution is 9.10. The van der Waals surface area contributed by atoms with Gasteiger partial charge < -0.3 is 5.11 Å². The molecule has 160 valence electrons. The number of fused-ring (bicyclic) bond motifs is 1. The van der Waals surface area contributed by atoms with Crippen molar-refractivity contribution in [3.8, 4) is 11.4 Å². The van der Waals surface area contributed by atoms with E-state index in [0.29, 0.717) is 27.3 Å². The summed E-state index contributed by atoms with van der Waals surface area (Å²) in [5, 5.41) is 14.5. The molecule has 32 heavy (non-hydrogen) atoms. The lowest BCUT2D eigenvalue weighted by Gasteiger charge is -2.13. The van der Waals surface area contributed by atoms with Crippen molar-refractivity contribution in [2.75, 3.05) is 5.75 Å². The first-order chi connectivity index (χ1) is 15.5. The fraction of sp³-hybridized carbons (Fsp3) is 0.0435. The molecule has 7 nitrogen and oxygen atoms in total. The maximum absolute atomic E-state index is 13.2. The van der Waals surface area contributed by atoms with E-state index in [4.69, 9.17) is 0 Å². The Hall–Kier alpha value is -3.43. The van der Waals surface area contributed by atoms with E-state index >= 15 is 0 Å². The summed E-state index contributed by atoms with van der Waals surface area (Å²) in [5.74, 6) is -0.301. The van der Waals surface area contributed by atoms with Gasteiger partial charge in [0.2, 0.25) is 0 Å². The monoisotopic (exact) mass is 508 g/mol. The van der Waals surface area contributed by atoms with E-state index in [1.165, 1.54) is 16.8 Å². The molecule has 0 unspecified atom stereocenters. The van der Waals surface area contributed by atoms with E-state index in [2.05, 4.69) is 31.4 Å². The summed E-state index contributed by atoms with van der Waals surface area (Å²) in [6.45, 7) is 0. The number of hydrazone groups is 1. The van der Waals surface area contributed by atoms with E-state index in [9.17, 15) is 14.7 Å². The number of thioether (sulfide) groups is 1. The van der Waals surface area contributed by atoms with Gasteiger partial charge in [0.05, 0.1) is 28.6 Å². The summed E-state index contributed by atoms with van der Waals surface area (Å²) in [6, 6.07) is 21.1. The number of rotatable bonds is 6. The van der Waals surface area contributed by atoms with E-state index in [0.717, 1.165) is 16.2 Å². The van der Waals surface area contributed by atoms with Gasteiger partial charge in [0.25, 0.3) is 11.5 Å². The molecule has 0 fully saturated rings. The fourth-order valence-electron chi connectivity index (χ4n) is 2.96. The number of phenolic OH excluding ortho intramolecular Hbond substituents is 1. The van der Waals surface area contributed by atoms with Gasteiger partial charge in [0.15, 0.2) is 5.16 Å². The Morgan fingerprint density at radius 1 is 1.09 bits per heavy atom. The van der Waals surface area contributed by atoms with Crippen LogP contribution in [-0.4, -0.2) is 32.5 Å². The summed E-state index contributed by atoms with van der Waals surface area (Å²) in [5.41, 5.74) is 3.91. The molecule has 0 aliphatic carbocycles. The highest BCUT2D eigenvalue weighted by atomic mass is 79.9. The van der Waals surface area contributed by atoms with Crippen LogP contribution in [0.4, 0.5) is 0 Å². The number of hydrogen-bond acceptors (Lipinski definition) is 6. The van der Waals surface area contributed by atoms with E-state index < -0.39 is 0 Å². The molecule has 0 saturated carbocycles. The van der Waals surface area contributed by atoms with Crippen LogP contribution in [0.15, 0.2) is 92.3 Å². The average molecular weight is 509 g/mol. The van der Waals surface area contributed by atoms with Gasteiger partial charge in [-0.2, -0.15) is 5.10 Å². The quantitative estimate of drug-likeness (QED) is 0.177. The Bertz CT molecular complexity index is 1370. The van der Waals surface area contributed by atoms with Gasteiger partial charge in [0, 0.05) is 10.0 Å². The number of amides is 1. The lowest BCUT2D eigenvalue weighted by atomic mass is 10.2. The number of nitrogens with one attached hydrogen (secondary N) is 1. The van der Waals surface area contributed by atoms with Crippen LogP contribution in [0.5, 0.6) is 5.75 Å². The molecular weight excluding hydrogens is 492 g/mol. The van der Waals surface area contributed by atoms with Crippen LogP contribution in [0.3, 0.4) is 0 Å². The Kier molecular flexibility index (Phi) is 6.67. The molecule has 0 saturated heterocycles. The van der Waals surface area contributed by atoms with Crippen LogP contribution < -0.4 is 11.0 Å². The Morgan fingerprint density at radius 2 is 1.81 bits per heavy atom. The molecular formula is C23H17BrN4O3S. The molecule has 1 aromatic heterocycles. The first-order valence-corrected chi connectivity index (χ1v) is 11.3. The van der Waals surface area contributed by atoms with Gasteiger partial charge in [-0.15, -0.1) is 0 Å². The molecule has 4 aromatic rings. The van der Waals surface area contributed by atoms with Crippen LogP contribution in [0.2, 0.25) is 0 Å². The molecule has 2 N–H and O–H groups in total. The summed E-state index contributed by atoms with van der Waals surface area (Å²) in [6.07, 6.45) is 1.37. The van der Waals surface area contributed by atoms with E-state index in [1.807, 2.05) is 30.3 Å². The number of carbonyl (C=O) groups excluding carboxylic acids is 1. The van der Waals surface area contributed by atoms with Crippen LogP contribution in [0.1, 0.15) is 5.56 Å². The van der Waals surface area contributed by atoms with E-state index in [1.54, 1.807) is 36.4 Å². The number of hydrogen-bond donors (Lipinski definition) is 2. The number of halogens is 1. The maximum Gasteiger partial charge on any atom is 0.266 e. The number of para-hydroxylation sites is 2. The molecule has 9 heteroatoms. The standard InChI is InChI=1S/C23H17BrN4O3S/c24-16-9-11-17(12-10-16)28-22(31)18-6-2-3-7-19(18)26-23(28)32-14-21(30)27-25-13-15-5-1-4-8-20(15)29/h1-13,29H,14H2,(H,27,30)/b25-13+. The van der Waals surface area contributed by atoms with Crippen LogP contribution in [0.25, 0.3) is 16.6 Å². The zero-order valence-corrected chi connectivity index (χ0v) is 19.0. The second-order valence-corrected chi connectivity index (χ2v) is 8.53. The molecule has 1 heterocycles. The highest BCUT2D eigenvalue weighted by Crippen LogP contribution is 2.22. The lowest BCUT2D eigenvalue weighted by molar-refractivity contribution is -0.118. The van der Waals surface area contributed by atoms with Crippen LogP contribution in [-0.2, 0) is 4.79 Å².